The molecule has 31 heavy (non-hydrogen) atoms. The van der Waals surface area contributed by atoms with E-state index in [0.29, 0.717) is 18.1 Å². The van der Waals surface area contributed by atoms with Crippen LogP contribution in [-0.2, 0) is 14.8 Å². The van der Waals surface area contributed by atoms with E-state index in [9.17, 15) is 22.4 Å². The van der Waals surface area contributed by atoms with Crippen molar-refractivity contribution in [3.05, 3.63) is 41.7 Å². The van der Waals surface area contributed by atoms with Gasteiger partial charge in [0, 0.05) is 12.6 Å². The smallest absolute Gasteiger partial charge is 0.325 e. The lowest BCUT2D eigenvalue weighted by molar-refractivity contribution is -0.120. The topological polar surface area (TPSA) is 105 Å². The number of imide groups is 1. The molecule has 2 atom stereocenters. The van der Waals surface area contributed by atoms with Crippen molar-refractivity contribution < 1.29 is 27.1 Å². The molecule has 1 heterocycles. The Labute approximate surface area is 181 Å². The summed E-state index contributed by atoms with van der Waals surface area (Å²) in [4.78, 5) is 24.4. The van der Waals surface area contributed by atoms with E-state index in [-0.39, 0.29) is 30.4 Å². The Morgan fingerprint density at radius 2 is 2.06 bits per heavy atom. The molecular weight excluding hydrogens is 425 g/mol. The van der Waals surface area contributed by atoms with Crippen LogP contribution in [0.5, 0.6) is 5.75 Å². The molecule has 0 unspecified atom stereocenters. The number of amides is 3. The molecule has 1 aliphatic heterocycles. The average molecular weight is 454 g/mol. The van der Waals surface area contributed by atoms with Gasteiger partial charge in [-0.2, -0.15) is 0 Å². The highest BCUT2D eigenvalue weighted by Gasteiger charge is 2.33. The van der Waals surface area contributed by atoms with Crippen LogP contribution in [0.15, 0.2) is 30.4 Å². The third-order valence-corrected chi connectivity index (χ3v) is 6.83. The number of sulfonamides is 1. The number of carbonyl (C=O) groups is 2. The summed E-state index contributed by atoms with van der Waals surface area (Å²) in [7, 11) is -3.58. The molecule has 0 spiro atoms. The molecule has 2 fully saturated rings. The molecule has 1 aromatic rings. The predicted molar refractivity (Wildman–Crippen MR) is 113 cm³/mol. The van der Waals surface area contributed by atoms with Gasteiger partial charge in [0.1, 0.15) is 6.04 Å². The Hall–Kier alpha value is -2.46. The van der Waals surface area contributed by atoms with Gasteiger partial charge in [-0.3, -0.25) is 10.1 Å². The Bertz CT molecular complexity index is 962. The monoisotopic (exact) mass is 453 g/mol. The maximum Gasteiger partial charge on any atom is 0.325 e. The Kier molecular flexibility index (Phi) is 7.32. The van der Waals surface area contributed by atoms with Gasteiger partial charge >= 0.3 is 6.03 Å². The largest absolute Gasteiger partial charge is 0.490 e. The average Bonchev–Trinajstić information content (AvgIpc) is 3.49. The van der Waals surface area contributed by atoms with Crippen molar-refractivity contribution in [2.75, 3.05) is 18.9 Å². The summed E-state index contributed by atoms with van der Waals surface area (Å²) >= 11 is 0. The number of urea groups is 1. The number of carbonyl (C=O) groups excluding carboxylic acids is 2. The number of hydrogen-bond acceptors (Lipinski definition) is 5. The highest BCUT2D eigenvalue weighted by molar-refractivity contribution is 7.89. The quantitative estimate of drug-likeness (QED) is 0.396. The number of hydrogen-bond donors (Lipinski definition) is 2. The first-order valence-electron chi connectivity index (χ1n) is 10.3. The van der Waals surface area contributed by atoms with Crippen LogP contribution < -0.4 is 14.8 Å². The lowest BCUT2D eigenvalue weighted by Gasteiger charge is -2.16. The predicted octanol–water partition coefficient (Wildman–Crippen LogP) is 2.48. The number of benzene rings is 1. The van der Waals surface area contributed by atoms with Gasteiger partial charge in [0.2, 0.25) is 10.0 Å². The van der Waals surface area contributed by atoms with Gasteiger partial charge in [0.05, 0.1) is 12.4 Å². The first-order chi connectivity index (χ1) is 14.7. The minimum Gasteiger partial charge on any atom is -0.490 e. The van der Waals surface area contributed by atoms with Crippen molar-refractivity contribution in [3.63, 3.8) is 0 Å². The molecule has 1 aromatic carbocycles. The van der Waals surface area contributed by atoms with Crippen LogP contribution in [0.1, 0.15) is 44.7 Å². The molecule has 10 heteroatoms. The molecule has 0 bridgehead atoms. The minimum atomic E-state index is -3.58. The summed E-state index contributed by atoms with van der Waals surface area (Å²) in [5, 5.41) is 2.22. The van der Waals surface area contributed by atoms with Gasteiger partial charge in [0.25, 0.3) is 5.91 Å². The zero-order valence-electron chi connectivity index (χ0n) is 17.6. The fourth-order valence-corrected chi connectivity index (χ4v) is 4.40. The second-order valence-electron chi connectivity index (χ2n) is 7.99. The second-order valence-corrected chi connectivity index (χ2v) is 9.86. The van der Waals surface area contributed by atoms with Crippen LogP contribution in [0.25, 0.3) is 0 Å². The molecule has 1 saturated carbocycles. The van der Waals surface area contributed by atoms with Gasteiger partial charge < -0.3 is 9.64 Å². The molecule has 170 valence electrons. The highest BCUT2D eigenvalue weighted by Crippen LogP contribution is 2.31. The molecule has 1 aliphatic carbocycles. The summed E-state index contributed by atoms with van der Waals surface area (Å²) in [5.41, 5.74) is 0.616. The first kappa shape index (κ1) is 23.2. The standard InChI is InChI=1S/C21H28FN3O5S/c1-14(17-8-9-18(22)19(12-17)30-13-16-6-7-16)24-31(28,29)11-5-3-4-10-25-15(2)20(26)23-21(25)27/h3-4,8-9,12,14-16,24H,5-7,10-11,13H2,1-2H3,(H,23,26,27)/b4-3+/t14-,15+/m1/s1. The summed E-state index contributed by atoms with van der Waals surface area (Å²) in [6.45, 7) is 4.01. The fourth-order valence-electron chi connectivity index (χ4n) is 3.16. The molecule has 2 N–H and O–H groups in total. The number of nitrogens with zero attached hydrogens (tertiary/aromatic N) is 1. The van der Waals surface area contributed by atoms with E-state index in [2.05, 4.69) is 10.0 Å². The van der Waals surface area contributed by atoms with Crippen molar-refractivity contribution in [1.82, 2.24) is 14.9 Å². The number of rotatable bonds is 11. The lowest BCUT2D eigenvalue weighted by atomic mass is 10.1. The van der Waals surface area contributed by atoms with Crippen LogP contribution >= 0.6 is 0 Å². The molecule has 3 amide bonds. The van der Waals surface area contributed by atoms with E-state index in [1.807, 2.05) is 0 Å². The maximum absolute atomic E-state index is 13.9. The Morgan fingerprint density at radius 1 is 1.32 bits per heavy atom. The molecule has 1 saturated heterocycles. The summed E-state index contributed by atoms with van der Waals surface area (Å²) in [6.07, 6.45) is 5.76. The Balaban J connectivity index is 1.48. The molecule has 0 radical (unpaired) electrons. The molecule has 8 nitrogen and oxygen atoms in total. The van der Waals surface area contributed by atoms with Crippen molar-refractivity contribution in [3.8, 4) is 5.75 Å². The van der Waals surface area contributed by atoms with E-state index in [0.717, 1.165) is 12.8 Å². The summed E-state index contributed by atoms with van der Waals surface area (Å²) in [6, 6.07) is 2.82. The normalized spacial score (nSPS) is 20.4. The van der Waals surface area contributed by atoms with Crippen molar-refractivity contribution >= 4 is 22.0 Å². The van der Waals surface area contributed by atoms with Crippen molar-refractivity contribution in [1.29, 1.82) is 0 Å². The third-order valence-electron chi connectivity index (χ3n) is 5.34. The molecule has 3 rings (SSSR count). The van der Waals surface area contributed by atoms with Gasteiger partial charge in [-0.25, -0.2) is 22.3 Å². The zero-order chi connectivity index (χ0) is 22.6. The van der Waals surface area contributed by atoms with Crippen LogP contribution in [0.4, 0.5) is 9.18 Å². The van der Waals surface area contributed by atoms with Gasteiger partial charge in [-0.1, -0.05) is 18.2 Å². The summed E-state index contributed by atoms with van der Waals surface area (Å²) in [5.74, 6) is -0.332. The van der Waals surface area contributed by atoms with E-state index < -0.39 is 34.0 Å². The second kappa shape index (κ2) is 9.78. The van der Waals surface area contributed by atoms with Gasteiger partial charge in [0.15, 0.2) is 11.6 Å². The van der Waals surface area contributed by atoms with E-state index >= 15 is 0 Å². The minimum absolute atomic E-state index is 0.136. The maximum atomic E-state index is 13.9. The SMILES string of the molecule is C[C@@H](NS(=O)(=O)CC/C=C/CN1C(=O)NC(=O)[C@@H]1C)c1ccc(F)c(OCC2CC2)c1. The molecular formula is C21H28FN3O5S. The molecule has 2 aliphatic rings. The van der Waals surface area contributed by atoms with Crippen LogP contribution in [0.3, 0.4) is 0 Å². The highest BCUT2D eigenvalue weighted by atomic mass is 32.2. The molecule has 0 aromatic heterocycles. The number of halogens is 1. The number of allylic oxidation sites excluding steroid dienone is 1. The van der Waals surface area contributed by atoms with Crippen LogP contribution in [0.2, 0.25) is 0 Å². The summed E-state index contributed by atoms with van der Waals surface area (Å²) < 4.78 is 46.8. The number of ether oxygens (including phenoxy) is 1. The zero-order valence-corrected chi connectivity index (χ0v) is 18.5. The lowest BCUT2D eigenvalue weighted by Crippen LogP contribution is -2.33. The first-order valence-corrected chi connectivity index (χ1v) is 12.0. The number of nitrogens with one attached hydrogen (secondary N) is 2. The van der Waals surface area contributed by atoms with E-state index in [4.69, 9.17) is 4.74 Å². The van der Waals surface area contributed by atoms with E-state index in [1.165, 1.54) is 23.1 Å². The van der Waals surface area contributed by atoms with Crippen LogP contribution in [0, 0.1) is 11.7 Å². The van der Waals surface area contributed by atoms with Crippen molar-refractivity contribution in [2.45, 2.75) is 45.2 Å². The van der Waals surface area contributed by atoms with Gasteiger partial charge in [-0.05, 0) is 56.7 Å². The van der Waals surface area contributed by atoms with Crippen LogP contribution in [-0.4, -0.2) is 50.2 Å². The fraction of sp³-hybridized carbons (Fsp3) is 0.524. The van der Waals surface area contributed by atoms with E-state index in [1.54, 1.807) is 26.0 Å². The van der Waals surface area contributed by atoms with Gasteiger partial charge in [-0.15, -0.1) is 0 Å². The Morgan fingerprint density at radius 3 is 2.71 bits per heavy atom. The van der Waals surface area contributed by atoms with Crippen molar-refractivity contribution in [2.24, 2.45) is 5.92 Å². The third kappa shape index (κ3) is 6.51.